The molecule has 2 fully saturated rings. The number of amides is 1. The van der Waals surface area contributed by atoms with E-state index < -0.39 is 0 Å². The number of nitrogens with one attached hydrogen (secondary N) is 1. The molecule has 2 aliphatic rings. The van der Waals surface area contributed by atoms with Crippen molar-refractivity contribution in [1.29, 1.82) is 0 Å². The summed E-state index contributed by atoms with van der Waals surface area (Å²) in [5.41, 5.74) is 5.87. The fourth-order valence-corrected chi connectivity index (χ4v) is 3.28. The predicted molar refractivity (Wildman–Crippen MR) is 69.5 cm³/mol. The Kier molecular flexibility index (Phi) is 4.84. The average Bonchev–Trinajstić information content (AvgIpc) is 2.74. The zero-order chi connectivity index (χ0) is 12.1. The van der Waals surface area contributed by atoms with Crippen molar-refractivity contribution in [2.24, 2.45) is 17.6 Å². The number of carbonyl (C=O) groups excluding carboxylic acids is 1. The molecular weight excluding hydrogens is 212 g/mol. The molecule has 98 valence electrons. The van der Waals surface area contributed by atoms with Gasteiger partial charge in [0.15, 0.2) is 0 Å². The molecule has 1 amide bonds. The maximum atomic E-state index is 11.8. The van der Waals surface area contributed by atoms with Crippen molar-refractivity contribution in [2.75, 3.05) is 6.54 Å². The Morgan fingerprint density at radius 3 is 2.47 bits per heavy atom. The van der Waals surface area contributed by atoms with Crippen LogP contribution in [-0.4, -0.2) is 18.5 Å². The lowest BCUT2D eigenvalue weighted by Crippen LogP contribution is -2.30. The fraction of sp³-hybridized carbons (Fsp3) is 0.929. The van der Waals surface area contributed by atoms with Crippen molar-refractivity contribution in [2.45, 2.75) is 63.8 Å². The van der Waals surface area contributed by atoms with E-state index in [4.69, 9.17) is 5.73 Å². The second-order valence-electron chi connectivity index (χ2n) is 5.95. The van der Waals surface area contributed by atoms with E-state index in [1.54, 1.807) is 0 Å². The van der Waals surface area contributed by atoms with E-state index in [0.717, 1.165) is 25.8 Å². The molecule has 0 aliphatic heterocycles. The van der Waals surface area contributed by atoms with Crippen molar-refractivity contribution >= 4 is 5.91 Å². The summed E-state index contributed by atoms with van der Waals surface area (Å²) in [6.45, 7) is 0.846. The summed E-state index contributed by atoms with van der Waals surface area (Å²) in [7, 11) is 0. The lowest BCUT2D eigenvalue weighted by atomic mass is 9.87. The molecule has 0 bridgehead atoms. The highest BCUT2D eigenvalue weighted by Gasteiger charge is 2.22. The van der Waals surface area contributed by atoms with Crippen LogP contribution in [0.4, 0.5) is 0 Å². The molecule has 2 rings (SSSR count). The van der Waals surface area contributed by atoms with Crippen LogP contribution in [0.1, 0.15) is 57.8 Å². The monoisotopic (exact) mass is 238 g/mol. The third-order valence-electron chi connectivity index (χ3n) is 4.37. The summed E-state index contributed by atoms with van der Waals surface area (Å²) in [4.78, 5) is 11.8. The highest BCUT2D eigenvalue weighted by Crippen LogP contribution is 2.26. The molecule has 3 heteroatoms. The van der Waals surface area contributed by atoms with E-state index in [9.17, 15) is 4.79 Å². The molecule has 0 aromatic rings. The van der Waals surface area contributed by atoms with Gasteiger partial charge in [-0.2, -0.15) is 0 Å². The van der Waals surface area contributed by atoms with Crippen LogP contribution in [0.2, 0.25) is 0 Å². The maximum Gasteiger partial charge on any atom is 0.220 e. The lowest BCUT2D eigenvalue weighted by molar-refractivity contribution is -0.122. The minimum Gasteiger partial charge on any atom is -0.356 e. The van der Waals surface area contributed by atoms with Crippen LogP contribution in [0.5, 0.6) is 0 Å². The summed E-state index contributed by atoms with van der Waals surface area (Å²) < 4.78 is 0. The first-order valence-corrected chi connectivity index (χ1v) is 7.26. The van der Waals surface area contributed by atoms with E-state index in [2.05, 4.69) is 5.32 Å². The summed E-state index contributed by atoms with van der Waals surface area (Å²) in [5.74, 6) is 1.53. The zero-order valence-electron chi connectivity index (χ0n) is 10.8. The van der Waals surface area contributed by atoms with Crippen molar-refractivity contribution in [1.82, 2.24) is 5.32 Å². The van der Waals surface area contributed by atoms with Gasteiger partial charge in [-0.1, -0.05) is 19.3 Å². The Labute approximate surface area is 105 Å². The Balaban J connectivity index is 1.60. The van der Waals surface area contributed by atoms with Crippen LogP contribution in [0, 0.1) is 11.8 Å². The highest BCUT2D eigenvalue weighted by atomic mass is 16.1. The minimum absolute atomic E-state index is 0.261. The molecule has 3 N–H and O–H groups in total. The third-order valence-corrected chi connectivity index (χ3v) is 4.37. The van der Waals surface area contributed by atoms with E-state index in [0.29, 0.717) is 17.9 Å². The second-order valence-corrected chi connectivity index (χ2v) is 5.95. The molecule has 2 atom stereocenters. The quantitative estimate of drug-likeness (QED) is 0.789. The van der Waals surface area contributed by atoms with E-state index in [-0.39, 0.29) is 5.91 Å². The standard InChI is InChI=1S/C14H26N2O/c15-13-7-6-12(8-13)10-16-14(17)9-11-4-2-1-3-5-11/h11-13H,1-10,15H2,(H,16,17). The van der Waals surface area contributed by atoms with Crippen molar-refractivity contribution < 1.29 is 4.79 Å². The number of hydrogen-bond acceptors (Lipinski definition) is 2. The molecule has 2 saturated carbocycles. The van der Waals surface area contributed by atoms with E-state index in [1.807, 2.05) is 0 Å². The van der Waals surface area contributed by atoms with Gasteiger partial charge in [-0.25, -0.2) is 0 Å². The maximum absolute atomic E-state index is 11.8. The molecule has 0 radical (unpaired) electrons. The number of rotatable bonds is 4. The van der Waals surface area contributed by atoms with Crippen molar-refractivity contribution in [3.05, 3.63) is 0 Å². The number of carbonyl (C=O) groups is 1. The van der Waals surface area contributed by atoms with Gasteiger partial charge in [-0.05, 0) is 43.9 Å². The molecule has 3 nitrogen and oxygen atoms in total. The third kappa shape index (κ3) is 4.30. The largest absolute Gasteiger partial charge is 0.356 e. The molecule has 0 spiro atoms. The van der Waals surface area contributed by atoms with Gasteiger partial charge in [0.1, 0.15) is 0 Å². The Bertz CT molecular complexity index is 249. The van der Waals surface area contributed by atoms with Gasteiger partial charge in [-0.15, -0.1) is 0 Å². The Hall–Kier alpha value is -0.570. The molecular formula is C14H26N2O. The fourth-order valence-electron chi connectivity index (χ4n) is 3.28. The minimum atomic E-state index is 0.261. The Morgan fingerprint density at radius 1 is 1.06 bits per heavy atom. The lowest BCUT2D eigenvalue weighted by Gasteiger charge is -2.21. The topological polar surface area (TPSA) is 55.1 Å². The predicted octanol–water partition coefficient (Wildman–Crippen LogP) is 2.20. The average molecular weight is 238 g/mol. The van der Waals surface area contributed by atoms with Crippen LogP contribution in [0.3, 0.4) is 0 Å². The second kappa shape index (κ2) is 6.39. The van der Waals surface area contributed by atoms with Crippen LogP contribution < -0.4 is 11.1 Å². The van der Waals surface area contributed by atoms with Gasteiger partial charge < -0.3 is 11.1 Å². The molecule has 0 aromatic heterocycles. The number of nitrogens with two attached hydrogens (primary N) is 1. The SMILES string of the molecule is NC1CCC(CNC(=O)CC2CCCCC2)C1. The molecule has 2 unspecified atom stereocenters. The van der Waals surface area contributed by atoms with Crippen molar-refractivity contribution in [3.8, 4) is 0 Å². The van der Waals surface area contributed by atoms with Crippen LogP contribution in [0.25, 0.3) is 0 Å². The Morgan fingerprint density at radius 2 is 1.82 bits per heavy atom. The van der Waals surface area contributed by atoms with Gasteiger partial charge in [0.05, 0.1) is 0 Å². The summed E-state index contributed by atoms with van der Waals surface area (Å²) >= 11 is 0. The smallest absolute Gasteiger partial charge is 0.220 e. The summed E-state index contributed by atoms with van der Waals surface area (Å²) in [5, 5.41) is 3.10. The van der Waals surface area contributed by atoms with Gasteiger partial charge >= 0.3 is 0 Å². The van der Waals surface area contributed by atoms with Gasteiger partial charge in [-0.3, -0.25) is 4.79 Å². The molecule has 0 aromatic carbocycles. The molecule has 17 heavy (non-hydrogen) atoms. The first-order valence-electron chi connectivity index (χ1n) is 7.26. The van der Waals surface area contributed by atoms with Crippen molar-refractivity contribution in [3.63, 3.8) is 0 Å². The highest BCUT2D eigenvalue weighted by molar-refractivity contribution is 5.76. The molecule has 0 saturated heterocycles. The van der Waals surface area contributed by atoms with Crippen LogP contribution in [0.15, 0.2) is 0 Å². The summed E-state index contributed by atoms with van der Waals surface area (Å²) in [6.07, 6.45) is 10.6. The van der Waals surface area contributed by atoms with Gasteiger partial charge in [0, 0.05) is 19.0 Å². The molecule has 0 heterocycles. The van der Waals surface area contributed by atoms with E-state index in [1.165, 1.54) is 38.5 Å². The van der Waals surface area contributed by atoms with E-state index >= 15 is 0 Å². The van der Waals surface area contributed by atoms with Crippen LogP contribution in [-0.2, 0) is 4.79 Å². The normalized spacial score (nSPS) is 30.4. The first kappa shape index (κ1) is 12.9. The number of hydrogen-bond donors (Lipinski definition) is 2. The van der Waals surface area contributed by atoms with Gasteiger partial charge in [0.25, 0.3) is 0 Å². The van der Waals surface area contributed by atoms with Gasteiger partial charge in [0.2, 0.25) is 5.91 Å². The van der Waals surface area contributed by atoms with Crippen LogP contribution >= 0.6 is 0 Å². The zero-order valence-corrected chi connectivity index (χ0v) is 10.8. The first-order chi connectivity index (χ1) is 8.24. The summed E-state index contributed by atoms with van der Waals surface area (Å²) in [6, 6.07) is 0.371. The molecule has 2 aliphatic carbocycles.